The minimum Gasteiger partial charge on any atom is -0.370 e. The van der Waals surface area contributed by atoms with Gasteiger partial charge in [0.05, 0.1) is 15.3 Å². The predicted octanol–water partition coefficient (Wildman–Crippen LogP) is 2.05. The van der Waals surface area contributed by atoms with Crippen molar-refractivity contribution < 1.29 is 9.59 Å². The molecule has 2 amide bonds. The van der Waals surface area contributed by atoms with Crippen molar-refractivity contribution in [2.24, 2.45) is 12.8 Å². The molecular weight excluding hydrogens is 387 g/mol. The molecule has 2 aromatic rings. The number of amides is 2. The number of carbonyl (C=O) groups is 2. The molecule has 134 valence electrons. The lowest BCUT2D eigenvalue weighted by molar-refractivity contribution is -0.118. The number of primary amides is 1. The Balaban J connectivity index is 2.00. The molecule has 0 aliphatic heterocycles. The van der Waals surface area contributed by atoms with E-state index in [2.05, 4.69) is 20.5 Å². The number of carbonyl (C=O) groups excluding carboxylic acids is 2. The summed E-state index contributed by atoms with van der Waals surface area (Å²) in [6, 6.07) is 1.50. The van der Waals surface area contributed by atoms with Gasteiger partial charge in [-0.1, -0.05) is 35.0 Å². The number of thioether (sulfide) groups is 1. The van der Waals surface area contributed by atoms with Crippen LogP contribution < -0.4 is 11.1 Å². The van der Waals surface area contributed by atoms with Crippen LogP contribution in [0.15, 0.2) is 17.4 Å². The van der Waals surface area contributed by atoms with E-state index in [-0.39, 0.29) is 23.2 Å². The van der Waals surface area contributed by atoms with Crippen molar-refractivity contribution in [1.29, 1.82) is 0 Å². The van der Waals surface area contributed by atoms with Crippen LogP contribution in [0.3, 0.4) is 0 Å². The lowest BCUT2D eigenvalue weighted by Crippen LogP contribution is -2.23. The summed E-state index contributed by atoms with van der Waals surface area (Å²) in [6.45, 7) is 1.72. The first kappa shape index (κ1) is 19.5. The van der Waals surface area contributed by atoms with Crippen LogP contribution in [0.5, 0.6) is 0 Å². The van der Waals surface area contributed by atoms with E-state index in [1.807, 2.05) is 0 Å². The number of nitrogens with zero attached hydrogens (tertiary/aromatic N) is 4. The summed E-state index contributed by atoms with van der Waals surface area (Å²) in [5.74, 6) is 0.167. The van der Waals surface area contributed by atoms with Gasteiger partial charge >= 0.3 is 0 Å². The molecule has 0 saturated heterocycles. The summed E-state index contributed by atoms with van der Waals surface area (Å²) >= 11 is 13.0. The van der Waals surface area contributed by atoms with Crippen LogP contribution in [0.1, 0.15) is 19.2 Å². The summed E-state index contributed by atoms with van der Waals surface area (Å²) in [5, 5.41) is 11.4. The van der Waals surface area contributed by atoms with Crippen LogP contribution in [0.2, 0.25) is 10.0 Å². The molecule has 1 atom stereocenters. The number of halogens is 2. The van der Waals surface area contributed by atoms with Gasteiger partial charge in [0, 0.05) is 26.1 Å². The number of nitrogens with two attached hydrogens (primary N) is 1. The van der Waals surface area contributed by atoms with E-state index >= 15 is 0 Å². The zero-order chi connectivity index (χ0) is 18.6. The molecule has 0 bridgehead atoms. The average Bonchev–Trinajstić information content (AvgIpc) is 2.88. The number of hydrogen-bond donors (Lipinski definition) is 2. The van der Waals surface area contributed by atoms with Gasteiger partial charge in [0.2, 0.25) is 11.8 Å². The zero-order valence-electron chi connectivity index (χ0n) is 13.5. The highest BCUT2D eigenvalue weighted by atomic mass is 35.5. The van der Waals surface area contributed by atoms with Crippen molar-refractivity contribution >= 4 is 52.6 Å². The molecule has 0 fully saturated rings. The van der Waals surface area contributed by atoms with E-state index in [4.69, 9.17) is 28.9 Å². The van der Waals surface area contributed by atoms with E-state index in [1.165, 1.54) is 24.0 Å². The molecule has 8 nitrogen and oxygen atoms in total. The van der Waals surface area contributed by atoms with Crippen molar-refractivity contribution in [1.82, 2.24) is 19.7 Å². The van der Waals surface area contributed by atoms with Gasteiger partial charge in [0.25, 0.3) is 0 Å². The highest BCUT2D eigenvalue weighted by Gasteiger charge is 2.20. The SMILES string of the molecule is C[C@H](Sc1nnc(CCC(N)=O)n1C)C(=O)Nc1ncc(Cl)cc1Cl. The molecule has 2 rings (SSSR count). The number of rotatable bonds is 7. The Morgan fingerprint density at radius 1 is 1.40 bits per heavy atom. The third kappa shape index (κ3) is 5.32. The molecule has 25 heavy (non-hydrogen) atoms. The maximum atomic E-state index is 12.3. The average molecular weight is 403 g/mol. The second kappa shape index (κ2) is 8.50. The van der Waals surface area contributed by atoms with Gasteiger partial charge < -0.3 is 15.6 Å². The van der Waals surface area contributed by atoms with E-state index in [1.54, 1.807) is 18.5 Å². The van der Waals surface area contributed by atoms with Gasteiger partial charge in [-0.3, -0.25) is 9.59 Å². The second-order valence-corrected chi connectivity index (χ2v) is 7.31. The monoisotopic (exact) mass is 402 g/mol. The highest BCUT2D eigenvalue weighted by Crippen LogP contribution is 2.26. The van der Waals surface area contributed by atoms with Crippen molar-refractivity contribution in [3.63, 3.8) is 0 Å². The fourth-order valence-corrected chi connectivity index (χ4v) is 3.10. The summed E-state index contributed by atoms with van der Waals surface area (Å²) < 4.78 is 1.73. The lowest BCUT2D eigenvalue weighted by Gasteiger charge is -2.12. The molecule has 3 N–H and O–H groups in total. The maximum Gasteiger partial charge on any atom is 0.238 e. The number of aromatic nitrogens is 4. The molecule has 0 aliphatic carbocycles. The molecule has 0 aromatic carbocycles. The number of aryl methyl sites for hydroxylation is 1. The quantitative estimate of drug-likeness (QED) is 0.684. The Kier molecular flexibility index (Phi) is 6.63. The van der Waals surface area contributed by atoms with Gasteiger partial charge in [0.1, 0.15) is 5.82 Å². The van der Waals surface area contributed by atoms with Crippen molar-refractivity contribution in [3.05, 3.63) is 28.1 Å². The summed E-state index contributed by atoms with van der Waals surface area (Å²) in [5.41, 5.74) is 5.13. The Morgan fingerprint density at radius 3 is 2.76 bits per heavy atom. The molecule has 0 radical (unpaired) electrons. The van der Waals surface area contributed by atoms with Crippen LogP contribution in [0, 0.1) is 0 Å². The fraction of sp³-hybridized carbons (Fsp3) is 0.357. The molecule has 2 aromatic heterocycles. The number of pyridine rings is 1. The first-order valence-corrected chi connectivity index (χ1v) is 8.86. The number of anilines is 1. The summed E-state index contributed by atoms with van der Waals surface area (Å²) in [7, 11) is 1.76. The number of hydrogen-bond acceptors (Lipinski definition) is 6. The van der Waals surface area contributed by atoms with E-state index in [9.17, 15) is 9.59 Å². The second-order valence-electron chi connectivity index (χ2n) is 5.16. The third-order valence-electron chi connectivity index (χ3n) is 3.22. The van der Waals surface area contributed by atoms with Gasteiger partial charge in [-0.25, -0.2) is 4.98 Å². The molecule has 2 heterocycles. The first-order chi connectivity index (χ1) is 11.8. The van der Waals surface area contributed by atoms with Crippen LogP contribution in [0.25, 0.3) is 0 Å². The Hall–Kier alpha value is -1.84. The normalized spacial score (nSPS) is 12.0. The van der Waals surface area contributed by atoms with Crippen LogP contribution in [0.4, 0.5) is 5.82 Å². The summed E-state index contributed by atoms with van der Waals surface area (Å²) in [6.07, 6.45) is 1.98. The predicted molar refractivity (Wildman–Crippen MR) is 96.7 cm³/mol. The Morgan fingerprint density at radius 2 is 2.12 bits per heavy atom. The van der Waals surface area contributed by atoms with Gasteiger partial charge in [-0.05, 0) is 13.0 Å². The van der Waals surface area contributed by atoms with Crippen LogP contribution in [-0.4, -0.2) is 36.8 Å². The van der Waals surface area contributed by atoms with E-state index in [0.717, 1.165) is 0 Å². The van der Waals surface area contributed by atoms with E-state index in [0.29, 0.717) is 22.4 Å². The summed E-state index contributed by atoms with van der Waals surface area (Å²) in [4.78, 5) is 27.2. The molecule has 0 spiro atoms. The van der Waals surface area contributed by atoms with Crippen molar-refractivity contribution in [2.45, 2.75) is 30.2 Å². The molecule has 0 aliphatic rings. The largest absolute Gasteiger partial charge is 0.370 e. The molecule has 0 unspecified atom stereocenters. The Bertz CT molecular complexity index is 798. The highest BCUT2D eigenvalue weighted by molar-refractivity contribution is 8.00. The van der Waals surface area contributed by atoms with Crippen molar-refractivity contribution in [3.8, 4) is 0 Å². The molecular formula is C14H16Cl2N6O2S. The van der Waals surface area contributed by atoms with Gasteiger partial charge in [-0.15, -0.1) is 10.2 Å². The molecule has 11 heteroatoms. The lowest BCUT2D eigenvalue weighted by atomic mass is 10.3. The fourth-order valence-electron chi connectivity index (χ4n) is 1.84. The topological polar surface area (TPSA) is 116 Å². The minimum absolute atomic E-state index is 0.188. The van der Waals surface area contributed by atoms with E-state index < -0.39 is 11.2 Å². The maximum absolute atomic E-state index is 12.3. The van der Waals surface area contributed by atoms with Crippen LogP contribution in [-0.2, 0) is 23.1 Å². The van der Waals surface area contributed by atoms with Gasteiger partial charge in [-0.2, -0.15) is 0 Å². The van der Waals surface area contributed by atoms with Gasteiger partial charge in [0.15, 0.2) is 11.0 Å². The molecule has 0 saturated carbocycles. The van der Waals surface area contributed by atoms with Crippen LogP contribution >= 0.6 is 35.0 Å². The first-order valence-electron chi connectivity index (χ1n) is 7.23. The van der Waals surface area contributed by atoms with Crippen molar-refractivity contribution in [2.75, 3.05) is 5.32 Å². The Labute approximate surface area is 158 Å². The zero-order valence-corrected chi connectivity index (χ0v) is 15.8. The minimum atomic E-state index is -0.472. The number of nitrogens with one attached hydrogen (secondary N) is 1. The third-order valence-corrected chi connectivity index (χ3v) is 4.85. The smallest absolute Gasteiger partial charge is 0.238 e. The standard InChI is InChI=1S/C14H16Cl2N6O2S/c1-7(13(24)19-12-9(16)5-8(15)6-18-12)25-14-21-20-11(22(14)2)4-3-10(17)23/h5-7H,3-4H2,1-2H3,(H2,17,23)(H,18,19,24)/t7-/m0/s1.